The van der Waals surface area contributed by atoms with Crippen molar-refractivity contribution in [3.8, 4) is 11.5 Å². The molecule has 63 heavy (non-hydrogen) atoms. The van der Waals surface area contributed by atoms with E-state index in [2.05, 4.69) is 230 Å². The van der Waals surface area contributed by atoms with Crippen LogP contribution in [-0.2, 0) is 28.2 Å². The van der Waals surface area contributed by atoms with Crippen molar-refractivity contribution in [2.45, 2.75) is 13.8 Å². The summed E-state index contributed by atoms with van der Waals surface area (Å²) < 4.78 is 15.9. The predicted octanol–water partition coefficient (Wildman–Crippen LogP) is 15.0. The third kappa shape index (κ3) is 5.91. The van der Waals surface area contributed by atoms with Crippen LogP contribution >= 0.6 is 0 Å². The Kier molecular flexibility index (Phi) is 8.16. The van der Waals surface area contributed by atoms with E-state index in [1.54, 1.807) is 0 Å². The minimum atomic E-state index is 0.818. The van der Waals surface area contributed by atoms with E-state index in [1.165, 1.54) is 110 Å². The van der Waals surface area contributed by atoms with Crippen LogP contribution in [-0.4, -0.2) is 18.3 Å². The molecule has 0 atom stereocenters. The first-order valence-corrected chi connectivity index (χ1v) is 21.7. The maximum atomic E-state index is 6.66. The Morgan fingerprint density at radius 3 is 0.905 bits per heavy atom. The van der Waals surface area contributed by atoms with Gasteiger partial charge in [0.2, 0.25) is 0 Å². The Hall–Kier alpha value is -7.76. The summed E-state index contributed by atoms with van der Waals surface area (Å²) in [6.07, 6.45) is 8.79. The largest absolute Gasteiger partial charge is 0.457 e. The normalized spacial score (nSPS) is 12.5. The van der Waals surface area contributed by atoms with E-state index in [0.29, 0.717) is 0 Å². The summed E-state index contributed by atoms with van der Waals surface area (Å²) in [7, 11) is 8.69. The average molecular weight is 815 g/mol. The van der Waals surface area contributed by atoms with Crippen molar-refractivity contribution < 1.29 is 4.74 Å². The van der Waals surface area contributed by atoms with Crippen molar-refractivity contribution >= 4 is 112 Å². The van der Waals surface area contributed by atoms with Gasteiger partial charge in [0, 0.05) is 117 Å². The van der Waals surface area contributed by atoms with Crippen molar-refractivity contribution in [2.75, 3.05) is 0 Å². The zero-order valence-electron chi connectivity index (χ0n) is 36.4. The zero-order chi connectivity index (χ0) is 42.7. The Labute approximate surface area is 365 Å². The third-order valence-corrected chi connectivity index (χ3v) is 13.6. The molecule has 4 heterocycles. The van der Waals surface area contributed by atoms with Gasteiger partial charge in [-0.2, -0.15) is 0 Å². The van der Waals surface area contributed by atoms with E-state index in [0.717, 1.165) is 22.5 Å². The zero-order valence-corrected chi connectivity index (χ0v) is 36.4. The Morgan fingerprint density at radius 2 is 0.556 bits per heavy atom. The van der Waals surface area contributed by atoms with Crippen LogP contribution in [0.3, 0.4) is 0 Å². The Bertz CT molecular complexity index is 3660. The molecule has 0 aliphatic heterocycles. The van der Waals surface area contributed by atoms with Crippen LogP contribution in [0.15, 0.2) is 146 Å². The van der Waals surface area contributed by atoms with Crippen molar-refractivity contribution in [1.82, 2.24) is 18.3 Å². The summed E-state index contributed by atoms with van der Waals surface area (Å²) in [4.78, 5) is 0. The second-order valence-corrected chi connectivity index (χ2v) is 17.5. The van der Waals surface area contributed by atoms with Gasteiger partial charge in [0.15, 0.2) is 0 Å². The maximum Gasteiger partial charge on any atom is 0.129 e. The number of fused-ring (bicyclic) bond motifs is 12. The van der Waals surface area contributed by atoms with Gasteiger partial charge in [-0.05, 0) is 96.8 Å². The molecule has 0 saturated heterocycles. The summed E-state index contributed by atoms with van der Waals surface area (Å²) in [5.74, 6) is 1.64. The molecule has 0 aliphatic rings. The van der Waals surface area contributed by atoms with Crippen LogP contribution in [0.4, 0.5) is 0 Å². The van der Waals surface area contributed by atoms with Crippen LogP contribution in [0.5, 0.6) is 11.5 Å². The van der Waals surface area contributed by atoms with Gasteiger partial charge in [-0.3, -0.25) is 0 Å². The number of aromatic nitrogens is 4. The van der Waals surface area contributed by atoms with Gasteiger partial charge in [0.25, 0.3) is 0 Å². The maximum absolute atomic E-state index is 6.66. The molecule has 5 nitrogen and oxygen atoms in total. The van der Waals surface area contributed by atoms with Gasteiger partial charge in [0.05, 0.1) is 11.0 Å². The fraction of sp³-hybridized carbons (Fsp3) is 0.103. The highest BCUT2D eigenvalue weighted by atomic mass is 16.5. The molecule has 4 aromatic heterocycles. The summed E-state index contributed by atoms with van der Waals surface area (Å²) in [5.41, 5.74) is 16.9. The Balaban J connectivity index is 0.860. The number of aryl methyl sites for hydroxylation is 6. The molecule has 8 aromatic carbocycles. The number of benzene rings is 8. The van der Waals surface area contributed by atoms with Gasteiger partial charge in [0.1, 0.15) is 11.5 Å². The Morgan fingerprint density at radius 1 is 0.286 bits per heavy atom. The number of hydrogen-bond acceptors (Lipinski definition) is 1. The van der Waals surface area contributed by atoms with E-state index in [1.807, 2.05) is 0 Å². The molecule has 304 valence electrons. The first-order chi connectivity index (χ1) is 30.6. The van der Waals surface area contributed by atoms with Gasteiger partial charge >= 0.3 is 0 Å². The number of ether oxygens (including phenoxy) is 1. The molecule has 0 N–H and O–H groups in total. The summed E-state index contributed by atoms with van der Waals surface area (Å²) >= 11 is 0. The quantitative estimate of drug-likeness (QED) is 0.154. The highest BCUT2D eigenvalue weighted by Gasteiger charge is 2.18. The smallest absolute Gasteiger partial charge is 0.129 e. The van der Waals surface area contributed by atoms with Gasteiger partial charge in [-0.25, -0.2) is 0 Å². The monoisotopic (exact) mass is 814 g/mol. The van der Waals surface area contributed by atoms with E-state index >= 15 is 0 Å². The van der Waals surface area contributed by atoms with E-state index < -0.39 is 0 Å². The minimum absolute atomic E-state index is 0.818. The molecule has 0 bridgehead atoms. The third-order valence-electron chi connectivity index (χ3n) is 13.6. The molecule has 0 spiro atoms. The lowest BCUT2D eigenvalue weighted by Gasteiger charge is -2.08. The molecule has 12 rings (SSSR count). The van der Waals surface area contributed by atoms with Crippen molar-refractivity contribution in [3.05, 3.63) is 179 Å². The van der Waals surface area contributed by atoms with E-state index in [-0.39, 0.29) is 0 Å². The molecule has 12 aromatic rings. The number of rotatable bonds is 6. The van der Waals surface area contributed by atoms with Crippen LogP contribution in [0, 0.1) is 13.8 Å². The van der Waals surface area contributed by atoms with Gasteiger partial charge in [-0.1, -0.05) is 108 Å². The molecule has 0 amide bonds. The number of hydrogen-bond donors (Lipinski definition) is 0. The molecular formula is C58H46N4O. The second kappa shape index (κ2) is 13.9. The lowest BCUT2D eigenvalue weighted by atomic mass is 10.1. The van der Waals surface area contributed by atoms with Crippen LogP contribution in [0.2, 0.25) is 0 Å². The molecule has 0 saturated carbocycles. The predicted molar refractivity (Wildman–Crippen MR) is 269 cm³/mol. The van der Waals surface area contributed by atoms with E-state index in [4.69, 9.17) is 4.74 Å². The first kappa shape index (κ1) is 37.0. The summed E-state index contributed by atoms with van der Waals surface area (Å²) in [6, 6.07) is 53.3. The molecule has 0 radical (unpaired) electrons. The molecule has 0 aliphatic carbocycles. The van der Waals surface area contributed by atoms with Crippen molar-refractivity contribution in [3.63, 3.8) is 0 Å². The van der Waals surface area contributed by atoms with E-state index in [9.17, 15) is 0 Å². The molecule has 0 unspecified atom stereocenters. The van der Waals surface area contributed by atoms with Crippen LogP contribution in [0.1, 0.15) is 33.4 Å². The van der Waals surface area contributed by atoms with Crippen LogP contribution < -0.4 is 4.74 Å². The second-order valence-electron chi connectivity index (χ2n) is 17.5. The SMILES string of the molecule is Cc1ccc(C=Cc2ccc3c4cc5c(cc4n(C)c3c2)c2ccc(Oc3ccc4c6cc7c(cc6n(C)c4c3)c3ccc(C=Cc4ccc(C)cc4)cc3n7C)cc2n5C)cc1. The van der Waals surface area contributed by atoms with Gasteiger partial charge < -0.3 is 23.0 Å². The van der Waals surface area contributed by atoms with Crippen molar-refractivity contribution in [1.29, 1.82) is 0 Å². The van der Waals surface area contributed by atoms with Crippen molar-refractivity contribution in [2.24, 2.45) is 28.2 Å². The molecule has 0 fully saturated rings. The first-order valence-electron chi connectivity index (χ1n) is 21.7. The fourth-order valence-corrected chi connectivity index (χ4v) is 10.00. The topological polar surface area (TPSA) is 28.9 Å². The lowest BCUT2D eigenvalue weighted by molar-refractivity contribution is 0.484. The molecule has 5 heteroatoms. The minimum Gasteiger partial charge on any atom is -0.457 e. The lowest BCUT2D eigenvalue weighted by Crippen LogP contribution is -1.90. The summed E-state index contributed by atoms with van der Waals surface area (Å²) in [6.45, 7) is 4.24. The standard InChI is InChI=1S/C58H46N4O/c1-35-7-11-37(12-8-35)15-17-39-19-23-43-47-31-57-49(33-55(47)59(3)51(43)27-39)45-25-21-41(29-53(45)61(57)5)63-42-22-26-46-50-34-56-48(32-58(50)62(6)54(46)30-42)44-24-20-40(28-52(44)60(56)4)18-16-38-13-9-36(2)10-14-38/h7-34H,1-6H3. The highest BCUT2D eigenvalue weighted by molar-refractivity contribution is 6.19. The van der Waals surface area contributed by atoms with Crippen LogP contribution in [0.25, 0.3) is 112 Å². The molecular weight excluding hydrogens is 769 g/mol. The highest BCUT2D eigenvalue weighted by Crippen LogP contribution is 2.40. The summed E-state index contributed by atoms with van der Waals surface area (Å²) in [5, 5.41) is 9.96. The number of nitrogens with zero attached hydrogens (tertiary/aromatic N) is 4. The fourth-order valence-electron chi connectivity index (χ4n) is 10.00. The average Bonchev–Trinajstić information content (AvgIpc) is 3.94. The van der Waals surface area contributed by atoms with Gasteiger partial charge in [-0.15, -0.1) is 0 Å².